The van der Waals surface area contributed by atoms with E-state index >= 15 is 0 Å². The molecule has 0 heterocycles. The molecule has 1 aromatic carbocycles. The number of benzene rings is 1. The van der Waals surface area contributed by atoms with Gasteiger partial charge in [-0.05, 0) is 30.0 Å². The van der Waals surface area contributed by atoms with Crippen molar-refractivity contribution < 1.29 is 14.6 Å². The smallest absolute Gasteiger partial charge is 0.320 e. The number of carboxylic acids is 1. The van der Waals surface area contributed by atoms with Crippen molar-refractivity contribution in [3.05, 3.63) is 29.8 Å². The molecule has 0 aromatic heterocycles. The molecular weight excluding hydrogens is 254 g/mol. The van der Waals surface area contributed by atoms with Crippen LogP contribution >= 0.6 is 0 Å². The summed E-state index contributed by atoms with van der Waals surface area (Å²) in [6.07, 6.45) is 2.63. The van der Waals surface area contributed by atoms with Crippen LogP contribution in [-0.4, -0.2) is 30.8 Å². The van der Waals surface area contributed by atoms with E-state index in [1.807, 2.05) is 24.3 Å². The van der Waals surface area contributed by atoms with Crippen LogP contribution in [0.4, 0.5) is 0 Å². The van der Waals surface area contributed by atoms with E-state index in [9.17, 15) is 9.90 Å². The van der Waals surface area contributed by atoms with Crippen molar-refractivity contribution in [3.8, 4) is 5.75 Å². The van der Waals surface area contributed by atoms with Gasteiger partial charge in [-0.2, -0.15) is 0 Å². The van der Waals surface area contributed by atoms with Crippen LogP contribution in [0.3, 0.4) is 0 Å². The summed E-state index contributed by atoms with van der Waals surface area (Å²) < 4.78 is 5.13. The number of methoxy groups -OCH3 is 1. The SMILES string of the molecule is CCCCC(NCC(C)c1ccc(OC)cc1)C(=O)O. The molecule has 0 spiro atoms. The Balaban J connectivity index is 2.51. The first-order valence-corrected chi connectivity index (χ1v) is 7.18. The van der Waals surface area contributed by atoms with E-state index in [-0.39, 0.29) is 5.92 Å². The van der Waals surface area contributed by atoms with E-state index in [0.717, 1.165) is 18.6 Å². The molecule has 2 atom stereocenters. The Kier molecular flexibility index (Phi) is 7.09. The van der Waals surface area contributed by atoms with Gasteiger partial charge in [0, 0.05) is 6.54 Å². The first-order chi connectivity index (χ1) is 9.58. The molecule has 4 heteroatoms. The monoisotopic (exact) mass is 279 g/mol. The molecule has 0 aliphatic carbocycles. The zero-order chi connectivity index (χ0) is 15.0. The van der Waals surface area contributed by atoms with Crippen molar-refractivity contribution in [2.45, 2.75) is 45.1 Å². The summed E-state index contributed by atoms with van der Waals surface area (Å²) in [5.41, 5.74) is 1.18. The Hall–Kier alpha value is -1.55. The van der Waals surface area contributed by atoms with Gasteiger partial charge in [-0.25, -0.2) is 0 Å². The fourth-order valence-corrected chi connectivity index (χ4v) is 2.09. The molecule has 2 unspecified atom stereocenters. The fourth-order valence-electron chi connectivity index (χ4n) is 2.09. The van der Waals surface area contributed by atoms with Crippen LogP contribution in [-0.2, 0) is 4.79 Å². The minimum absolute atomic E-state index is 0.268. The lowest BCUT2D eigenvalue weighted by atomic mass is 10.0. The number of hydrogen-bond donors (Lipinski definition) is 2. The number of carbonyl (C=O) groups is 1. The van der Waals surface area contributed by atoms with Crippen LogP contribution in [0.15, 0.2) is 24.3 Å². The number of carboxylic acid groups (broad SMARTS) is 1. The van der Waals surface area contributed by atoms with Gasteiger partial charge in [0.15, 0.2) is 0 Å². The maximum absolute atomic E-state index is 11.2. The van der Waals surface area contributed by atoms with E-state index < -0.39 is 12.0 Å². The second-order valence-electron chi connectivity index (χ2n) is 5.12. The molecule has 0 amide bonds. The molecule has 0 saturated carbocycles. The van der Waals surface area contributed by atoms with E-state index in [4.69, 9.17) is 4.74 Å². The molecule has 2 N–H and O–H groups in total. The molecule has 0 bridgehead atoms. The molecule has 0 aliphatic rings. The average molecular weight is 279 g/mol. The predicted molar refractivity (Wildman–Crippen MR) is 80.4 cm³/mol. The van der Waals surface area contributed by atoms with Crippen molar-refractivity contribution in [2.24, 2.45) is 0 Å². The van der Waals surface area contributed by atoms with Gasteiger partial charge in [-0.1, -0.05) is 38.8 Å². The number of rotatable bonds is 9. The van der Waals surface area contributed by atoms with Crippen molar-refractivity contribution in [2.75, 3.05) is 13.7 Å². The highest BCUT2D eigenvalue weighted by Gasteiger charge is 2.17. The van der Waals surface area contributed by atoms with Crippen LogP contribution in [0, 0.1) is 0 Å². The second-order valence-corrected chi connectivity index (χ2v) is 5.12. The molecule has 0 radical (unpaired) electrons. The summed E-state index contributed by atoms with van der Waals surface area (Å²) in [5, 5.41) is 12.3. The molecule has 0 saturated heterocycles. The summed E-state index contributed by atoms with van der Waals surface area (Å²) in [6.45, 7) is 4.82. The Labute approximate surface area is 121 Å². The van der Waals surface area contributed by atoms with Gasteiger partial charge in [-0.3, -0.25) is 4.79 Å². The third-order valence-corrected chi connectivity index (χ3v) is 3.50. The topological polar surface area (TPSA) is 58.6 Å². The quantitative estimate of drug-likeness (QED) is 0.729. The normalized spacial score (nSPS) is 13.8. The van der Waals surface area contributed by atoms with Gasteiger partial charge in [0.05, 0.1) is 7.11 Å². The number of hydrogen-bond acceptors (Lipinski definition) is 3. The molecular formula is C16H25NO3. The van der Waals surface area contributed by atoms with Crippen LogP contribution in [0.5, 0.6) is 5.75 Å². The highest BCUT2D eigenvalue weighted by atomic mass is 16.5. The Morgan fingerprint density at radius 3 is 2.50 bits per heavy atom. The summed E-state index contributed by atoms with van der Waals surface area (Å²) in [7, 11) is 1.64. The molecule has 1 rings (SSSR count). The molecule has 0 aliphatic heterocycles. The molecule has 20 heavy (non-hydrogen) atoms. The summed E-state index contributed by atoms with van der Waals surface area (Å²) >= 11 is 0. The van der Waals surface area contributed by atoms with Gasteiger partial charge in [0.2, 0.25) is 0 Å². The van der Waals surface area contributed by atoms with Crippen LogP contribution in [0.25, 0.3) is 0 Å². The molecule has 1 aromatic rings. The lowest BCUT2D eigenvalue weighted by Crippen LogP contribution is -2.38. The summed E-state index contributed by atoms with van der Waals surface area (Å²) in [5.74, 6) is 0.338. The van der Waals surface area contributed by atoms with Crippen molar-refractivity contribution >= 4 is 5.97 Å². The van der Waals surface area contributed by atoms with Crippen LogP contribution in [0.1, 0.15) is 44.6 Å². The zero-order valence-corrected chi connectivity index (χ0v) is 12.6. The first kappa shape index (κ1) is 16.5. The summed E-state index contributed by atoms with van der Waals surface area (Å²) in [6, 6.07) is 7.45. The molecule has 0 fully saturated rings. The Morgan fingerprint density at radius 1 is 1.35 bits per heavy atom. The van der Waals surface area contributed by atoms with E-state index in [2.05, 4.69) is 19.2 Å². The Bertz CT molecular complexity index is 403. The van der Waals surface area contributed by atoms with Gasteiger partial charge >= 0.3 is 5.97 Å². The predicted octanol–water partition coefficient (Wildman–Crippen LogP) is 3.03. The lowest BCUT2D eigenvalue weighted by molar-refractivity contribution is -0.139. The van der Waals surface area contributed by atoms with Gasteiger partial charge in [-0.15, -0.1) is 0 Å². The van der Waals surface area contributed by atoms with E-state index in [1.165, 1.54) is 5.56 Å². The summed E-state index contributed by atoms with van der Waals surface area (Å²) in [4.78, 5) is 11.2. The second kappa shape index (κ2) is 8.59. The van der Waals surface area contributed by atoms with Crippen molar-refractivity contribution in [1.29, 1.82) is 0 Å². The number of ether oxygens (including phenoxy) is 1. The number of aliphatic carboxylic acids is 1. The largest absolute Gasteiger partial charge is 0.497 e. The van der Waals surface area contributed by atoms with Crippen molar-refractivity contribution in [1.82, 2.24) is 5.32 Å². The fraction of sp³-hybridized carbons (Fsp3) is 0.562. The third kappa shape index (κ3) is 5.21. The molecule has 4 nitrogen and oxygen atoms in total. The Morgan fingerprint density at radius 2 is 2.00 bits per heavy atom. The third-order valence-electron chi connectivity index (χ3n) is 3.50. The maximum Gasteiger partial charge on any atom is 0.320 e. The minimum Gasteiger partial charge on any atom is -0.497 e. The van der Waals surface area contributed by atoms with Gasteiger partial charge < -0.3 is 15.2 Å². The number of nitrogens with one attached hydrogen (secondary N) is 1. The number of unbranched alkanes of at least 4 members (excludes halogenated alkanes) is 1. The lowest BCUT2D eigenvalue weighted by Gasteiger charge is -2.18. The van der Waals surface area contributed by atoms with Crippen molar-refractivity contribution in [3.63, 3.8) is 0 Å². The zero-order valence-electron chi connectivity index (χ0n) is 12.6. The minimum atomic E-state index is -0.764. The molecule has 112 valence electrons. The van der Waals surface area contributed by atoms with Gasteiger partial charge in [0.1, 0.15) is 11.8 Å². The van der Waals surface area contributed by atoms with E-state index in [0.29, 0.717) is 13.0 Å². The first-order valence-electron chi connectivity index (χ1n) is 7.18. The van der Waals surface area contributed by atoms with Gasteiger partial charge in [0.25, 0.3) is 0 Å². The van der Waals surface area contributed by atoms with Crippen LogP contribution in [0.2, 0.25) is 0 Å². The average Bonchev–Trinajstić information content (AvgIpc) is 2.46. The van der Waals surface area contributed by atoms with E-state index in [1.54, 1.807) is 7.11 Å². The highest BCUT2D eigenvalue weighted by molar-refractivity contribution is 5.73. The highest BCUT2D eigenvalue weighted by Crippen LogP contribution is 2.18. The maximum atomic E-state index is 11.2. The van der Waals surface area contributed by atoms with Crippen LogP contribution < -0.4 is 10.1 Å². The standard InChI is InChI=1S/C16H25NO3/c1-4-5-6-15(16(18)19)17-11-12(2)13-7-9-14(20-3)10-8-13/h7-10,12,15,17H,4-6,11H2,1-3H3,(H,18,19).